The monoisotopic (exact) mass is 364 g/mol. The van der Waals surface area contributed by atoms with E-state index in [1.807, 2.05) is 30.3 Å². The first kappa shape index (κ1) is 17.0. The third-order valence-corrected chi connectivity index (χ3v) is 4.76. The maximum absolute atomic E-state index is 13.9. The van der Waals surface area contributed by atoms with Crippen molar-refractivity contribution in [1.82, 2.24) is 10.1 Å². The van der Waals surface area contributed by atoms with Crippen LogP contribution in [0.1, 0.15) is 24.2 Å². The second-order valence-electron chi connectivity index (χ2n) is 6.49. The molecule has 0 bridgehead atoms. The number of halogens is 1. The number of H-pyrrole nitrogens is 1. The van der Waals surface area contributed by atoms with Gasteiger partial charge in [-0.2, -0.15) is 0 Å². The van der Waals surface area contributed by atoms with Gasteiger partial charge in [0.1, 0.15) is 17.3 Å². The number of benzene rings is 2. The number of hydrogen-bond donors (Lipinski definition) is 2. The highest BCUT2D eigenvalue weighted by Crippen LogP contribution is 2.41. The number of nitrogens with zero attached hydrogens (tertiary/aromatic N) is 1. The molecule has 2 N–H and O–H groups in total. The zero-order valence-electron chi connectivity index (χ0n) is 14.8. The highest BCUT2D eigenvalue weighted by Gasteiger charge is 2.28. The quantitative estimate of drug-likeness (QED) is 0.526. The number of aliphatic carboxylic acids is 1. The Labute approximate surface area is 154 Å². The number of nitrogens with one attached hydrogen (secondary N) is 1. The van der Waals surface area contributed by atoms with Gasteiger partial charge in [-0.05, 0) is 37.6 Å². The van der Waals surface area contributed by atoms with Gasteiger partial charge in [-0.3, -0.25) is 4.79 Å². The minimum atomic E-state index is -0.989. The Hall–Kier alpha value is -3.41. The fourth-order valence-electron chi connectivity index (χ4n) is 3.42. The van der Waals surface area contributed by atoms with Crippen LogP contribution >= 0.6 is 0 Å². The molecule has 0 radical (unpaired) electrons. The molecule has 2 aromatic carbocycles. The molecule has 0 fully saturated rings. The number of hydrogen-bond acceptors (Lipinski definition) is 3. The van der Waals surface area contributed by atoms with Gasteiger partial charge in [0.25, 0.3) is 0 Å². The molecular formula is C21H17FN2O3. The number of aryl methyl sites for hydroxylation is 1. The Bertz CT molecular complexity index is 1150. The highest BCUT2D eigenvalue weighted by molar-refractivity contribution is 5.98. The van der Waals surface area contributed by atoms with Gasteiger partial charge in [0, 0.05) is 16.5 Å². The van der Waals surface area contributed by atoms with Gasteiger partial charge in [0.05, 0.1) is 17.2 Å². The van der Waals surface area contributed by atoms with Gasteiger partial charge >= 0.3 is 5.97 Å². The van der Waals surface area contributed by atoms with Gasteiger partial charge in [-0.25, -0.2) is 4.39 Å². The highest BCUT2D eigenvalue weighted by atomic mass is 19.1. The average molecular weight is 364 g/mol. The minimum absolute atomic E-state index is 0.419. The zero-order chi connectivity index (χ0) is 19.1. The molecule has 1 atom stereocenters. The molecule has 2 aromatic heterocycles. The van der Waals surface area contributed by atoms with E-state index in [9.17, 15) is 14.3 Å². The van der Waals surface area contributed by atoms with Crippen molar-refractivity contribution in [2.45, 2.75) is 19.8 Å². The van der Waals surface area contributed by atoms with Crippen LogP contribution in [0.3, 0.4) is 0 Å². The molecule has 4 rings (SSSR count). The van der Waals surface area contributed by atoms with Crippen molar-refractivity contribution in [1.29, 1.82) is 0 Å². The van der Waals surface area contributed by atoms with Crippen LogP contribution in [-0.2, 0) is 4.79 Å². The third kappa shape index (κ3) is 2.79. The summed E-state index contributed by atoms with van der Waals surface area (Å²) in [6.45, 7) is 3.36. The number of carbonyl (C=O) groups is 1. The van der Waals surface area contributed by atoms with E-state index < -0.39 is 17.7 Å². The van der Waals surface area contributed by atoms with Crippen LogP contribution in [0.4, 0.5) is 4.39 Å². The van der Waals surface area contributed by atoms with Gasteiger partial charge < -0.3 is 14.6 Å². The van der Waals surface area contributed by atoms with Crippen LogP contribution < -0.4 is 0 Å². The number of fused-ring (bicyclic) bond motifs is 1. The number of aromatic nitrogens is 2. The average Bonchev–Trinajstić information content (AvgIpc) is 3.21. The Balaban J connectivity index is 2.05. The predicted octanol–water partition coefficient (Wildman–Crippen LogP) is 5.13. The van der Waals surface area contributed by atoms with E-state index in [4.69, 9.17) is 4.52 Å². The second kappa shape index (κ2) is 6.39. The lowest BCUT2D eigenvalue weighted by Crippen LogP contribution is -2.08. The Kier molecular flexibility index (Phi) is 4.03. The molecule has 6 heteroatoms. The molecule has 0 aliphatic carbocycles. The first-order valence-corrected chi connectivity index (χ1v) is 8.53. The van der Waals surface area contributed by atoms with Gasteiger partial charge in [-0.1, -0.05) is 35.5 Å². The van der Waals surface area contributed by atoms with Crippen molar-refractivity contribution in [2.75, 3.05) is 0 Å². The van der Waals surface area contributed by atoms with E-state index in [0.717, 1.165) is 5.56 Å². The second-order valence-corrected chi connectivity index (χ2v) is 6.49. The van der Waals surface area contributed by atoms with Gasteiger partial charge in [0.2, 0.25) is 0 Å². The molecular weight excluding hydrogens is 347 g/mol. The topological polar surface area (TPSA) is 79.1 Å². The summed E-state index contributed by atoms with van der Waals surface area (Å²) in [5.41, 5.74) is 3.90. The van der Waals surface area contributed by atoms with Crippen molar-refractivity contribution in [3.63, 3.8) is 0 Å². The smallest absolute Gasteiger partial charge is 0.310 e. The van der Waals surface area contributed by atoms with E-state index in [1.165, 1.54) is 12.1 Å². The van der Waals surface area contributed by atoms with Crippen molar-refractivity contribution in [2.24, 2.45) is 0 Å². The Morgan fingerprint density at radius 1 is 1.22 bits per heavy atom. The molecule has 0 amide bonds. The van der Waals surface area contributed by atoms with E-state index in [1.54, 1.807) is 19.9 Å². The number of carboxylic acid groups (broad SMARTS) is 1. The van der Waals surface area contributed by atoms with Gasteiger partial charge in [-0.15, -0.1) is 0 Å². The van der Waals surface area contributed by atoms with Crippen LogP contribution in [0.5, 0.6) is 0 Å². The molecule has 0 aliphatic heterocycles. The normalized spacial score (nSPS) is 12.4. The van der Waals surface area contributed by atoms with E-state index >= 15 is 0 Å². The Morgan fingerprint density at radius 3 is 2.67 bits per heavy atom. The van der Waals surface area contributed by atoms with E-state index in [2.05, 4.69) is 10.1 Å². The first-order valence-electron chi connectivity index (χ1n) is 8.53. The van der Waals surface area contributed by atoms with E-state index in [-0.39, 0.29) is 0 Å². The zero-order valence-corrected chi connectivity index (χ0v) is 14.8. The first-order chi connectivity index (χ1) is 13.0. The summed E-state index contributed by atoms with van der Waals surface area (Å²) < 4.78 is 19.3. The maximum Gasteiger partial charge on any atom is 0.310 e. The van der Waals surface area contributed by atoms with Crippen molar-refractivity contribution < 1.29 is 18.8 Å². The third-order valence-electron chi connectivity index (χ3n) is 4.76. The van der Waals surface area contributed by atoms with Crippen molar-refractivity contribution >= 4 is 16.9 Å². The van der Waals surface area contributed by atoms with Gasteiger partial charge in [0.15, 0.2) is 0 Å². The number of carboxylic acids is 1. The molecule has 0 saturated carbocycles. The molecule has 4 aromatic rings. The lowest BCUT2D eigenvalue weighted by molar-refractivity contribution is -0.138. The molecule has 2 heterocycles. The molecule has 5 nitrogen and oxygen atoms in total. The summed E-state index contributed by atoms with van der Waals surface area (Å²) in [7, 11) is 0. The maximum atomic E-state index is 13.9. The lowest BCUT2D eigenvalue weighted by atomic mass is 9.93. The summed E-state index contributed by atoms with van der Waals surface area (Å²) in [5.74, 6) is -1.69. The van der Waals surface area contributed by atoms with Crippen molar-refractivity contribution in [3.8, 4) is 22.5 Å². The summed E-state index contributed by atoms with van der Waals surface area (Å²) in [5, 5.41) is 14.3. The summed E-state index contributed by atoms with van der Waals surface area (Å²) in [6, 6.07) is 13.8. The van der Waals surface area contributed by atoms with Crippen LogP contribution in [0.15, 0.2) is 53.1 Å². The molecule has 27 heavy (non-hydrogen) atoms. The summed E-state index contributed by atoms with van der Waals surface area (Å²) in [4.78, 5) is 15.0. The molecule has 0 spiro atoms. The van der Waals surface area contributed by atoms with E-state index in [0.29, 0.717) is 39.2 Å². The molecule has 0 saturated heterocycles. The minimum Gasteiger partial charge on any atom is -0.481 e. The molecule has 1 unspecified atom stereocenters. The Morgan fingerprint density at radius 2 is 1.96 bits per heavy atom. The van der Waals surface area contributed by atoms with Crippen LogP contribution in [-0.4, -0.2) is 21.2 Å². The fourth-order valence-corrected chi connectivity index (χ4v) is 3.42. The van der Waals surface area contributed by atoms with Crippen LogP contribution in [0.2, 0.25) is 0 Å². The lowest BCUT2D eigenvalue weighted by Gasteiger charge is -2.10. The van der Waals surface area contributed by atoms with Crippen LogP contribution in [0.25, 0.3) is 33.4 Å². The predicted molar refractivity (Wildman–Crippen MR) is 100.0 cm³/mol. The van der Waals surface area contributed by atoms with Crippen LogP contribution in [0, 0.1) is 12.7 Å². The standard InChI is InChI=1S/C21H17FN2O3/c1-11(21(25)26)17-15-10-14(22)8-9-16(15)23-20(17)18-12(2)27-24-19(18)13-6-4-3-5-7-13/h3-11,23H,1-2H3,(H,25,26). The largest absolute Gasteiger partial charge is 0.481 e. The van der Waals surface area contributed by atoms with Crippen molar-refractivity contribution in [3.05, 3.63) is 65.7 Å². The summed E-state index contributed by atoms with van der Waals surface area (Å²) >= 11 is 0. The molecule has 0 aliphatic rings. The number of rotatable bonds is 4. The fraction of sp³-hybridized carbons (Fsp3) is 0.143. The SMILES string of the molecule is Cc1onc(-c2ccccc2)c1-c1[nH]c2ccc(F)cc2c1C(C)C(=O)O. The summed E-state index contributed by atoms with van der Waals surface area (Å²) in [6.07, 6.45) is 0. The molecule has 136 valence electrons. The number of aromatic amines is 1.